The van der Waals surface area contributed by atoms with Gasteiger partial charge in [-0.05, 0) is 44.9 Å². The second kappa shape index (κ2) is 16.2. The summed E-state index contributed by atoms with van der Waals surface area (Å²) in [4.78, 5) is 4.08. The normalized spacial score (nSPS) is 9.90. The highest BCUT2D eigenvalue weighted by Gasteiger charge is 2.17. The Bertz CT molecular complexity index is 845. The molecule has 0 radical (unpaired) electrons. The third-order valence-electron chi connectivity index (χ3n) is 2.97. The summed E-state index contributed by atoms with van der Waals surface area (Å²) < 4.78 is 3.26. The van der Waals surface area contributed by atoms with Crippen molar-refractivity contribution >= 4 is 97.8 Å². The Hall–Kier alpha value is -0.440. The number of benzene rings is 2. The molecule has 0 atom stereocenters. The zero-order chi connectivity index (χ0) is 21.7. The van der Waals surface area contributed by atoms with Crippen LogP contribution in [0.25, 0.3) is 0 Å². The Morgan fingerprint density at radius 3 is 1.83 bits per heavy atom. The number of aromatic nitrogens is 2. The zero-order valence-corrected chi connectivity index (χ0v) is 21.5. The molecule has 1 heterocycles. The van der Waals surface area contributed by atoms with Gasteiger partial charge in [-0.15, -0.1) is 12.4 Å². The van der Waals surface area contributed by atoms with Gasteiger partial charge in [0.1, 0.15) is 5.82 Å². The average Bonchev–Trinajstić information content (AvgIpc) is 3.08. The summed E-state index contributed by atoms with van der Waals surface area (Å²) in [5.41, 5.74) is 7.51. The lowest BCUT2D eigenvalue weighted by Crippen LogP contribution is -2.12. The molecular formula is C18H18Cl6N4S2. The van der Waals surface area contributed by atoms with Crippen LogP contribution >= 0.6 is 92.0 Å². The van der Waals surface area contributed by atoms with Crippen molar-refractivity contribution in [3.05, 3.63) is 82.1 Å². The van der Waals surface area contributed by atoms with Crippen molar-refractivity contribution in [3.8, 4) is 0 Å². The highest BCUT2D eigenvalue weighted by atomic mass is 35.7. The van der Waals surface area contributed by atoms with Gasteiger partial charge in [0.05, 0.1) is 5.84 Å². The largest absolute Gasteiger partial charge is 0.387 e. The van der Waals surface area contributed by atoms with E-state index in [1.807, 2.05) is 48.5 Å². The number of nitrogens with two attached hydrogens (primary N) is 1. The molecule has 0 aliphatic carbocycles. The Kier molecular flexibility index (Phi) is 16.0. The second-order valence-electron chi connectivity index (χ2n) is 5.34. The van der Waals surface area contributed by atoms with Crippen molar-refractivity contribution < 1.29 is 0 Å². The highest BCUT2D eigenvalue weighted by molar-refractivity contribution is 8.24. The van der Waals surface area contributed by atoms with Crippen LogP contribution in [0.5, 0.6) is 0 Å². The predicted octanol–water partition coefficient (Wildman–Crippen LogP) is 7.57. The lowest BCUT2D eigenvalue weighted by Gasteiger charge is -1.99. The SMILES string of the molecule is Cl.ClSC(Cl)(Cl)Cl.Clc1nc(Cc2ccccc2)ns1.N=C(N)Cc1ccccc1. The highest BCUT2D eigenvalue weighted by Crippen LogP contribution is 2.40. The van der Waals surface area contributed by atoms with Crippen molar-refractivity contribution in [2.75, 3.05) is 0 Å². The summed E-state index contributed by atoms with van der Waals surface area (Å²) in [7, 11) is 5.65. The first-order chi connectivity index (χ1) is 13.7. The minimum Gasteiger partial charge on any atom is -0.387 e. The van der Waals surface area contributed by atoms with Gasteiger partial charge >= 0.3 is 0 Å². The quantitative estimate of drug-likeness (QED) is 0.194. The molecule has 0 saturated carbocycles. The van der Waals surface area contributed by atoms with Gasteiger partial charge in [0.25, 0.3) is 3.12 Å². The molecule has 3 rings (SSSR count). The molecule has 3 N–H and O–H groups in total. The summed E-state index contributed by atoms with van der Waals surface area (Å²) >= 11 is 22.1. The zero-order valence-electron chi connectivity index (χ0n) is 15.3. The first kappa shape index (κ1) is 29.6. The number of hydrogen-bond donors (Lipinski definition) is 2. The van der Waals surface area contributed by atoms with Crippen LogP contribution in [0.2, 0.25) is 4.47 Å². The monoisotopic (exact) mass is 564 g/mol. The van der Waals surface area contributed by atoms with Gasteiger partial charge in [-0.3, -0.25) is 5.41 Å². The first-order valence-corrected chi connectivity index (χ1v) is 11.9. The maximum Gasteiger partial charge on any atom is 0.251 e. The molecule has 0 bridgehead atoms. The van der Waals surface area contributed by atoms with Crippen molar-refractivity contribution in [2.24, 2.45) is 5.73 Å². The third-order valence-corrected chi connectivity index (χ3v) is 6.08. The summed E-state index contributed by atoms with van der Waals surface area (Å²) in [5.74, 6) is 1.01. The van der Waals surface area contributed by atoms with Gasteiger partial charge in [0.2, 0.25) is 4.47 Å². The topological polar surface area (TPSA) is 75.7 Å². The molecule has 0 amide bonds. The van der Waals surface area contributed by atoms with E-state index in [1.54, 1.807) is 0 Å². The van der Waals surface area contributed by atoms with Crippen molar-refractivity contribution in [1.82, 2.24) is 9.36 Å². The summed E-state index contributed by atoms with van der Waals surface area (Å²) in [6.07, 6.45) is 1.31. The number of amidine groups is 1. The van der Waals surface area contributed by atoms with E-state index < -0.39 is 3.12 Å². The van der Waals surface area contributed by atoms with E-state index in [0.29, 0.717) is 21.9 Å². The number of nitrogens with one attached hydrogen (secondary N) is 1. The number of nitrogens with zero attached hydrogens (tertiary/aromatic N) is 2. The fourth-order valence-corrected chi connectivity index (χ4v) is 2.53. The molecule has 0 spiro atoms. The first-order valence-electron chi connectivity index (χ1n) is 7.95. The summed E-state index contributed by atoms with van der Waals surface area (Å²) in [6.45, 7) is 0. The van der Waals surface area contributed by atoms with E-state index in [9.17, 15) is 0 Å². The minimum atomic E-state index is -1.36. The predicted molar refractivity (Wildman–Crippen MR) is 137 cm³/mol. The molecular weight excluding hydrogens is 549 g/mol. The Morgan fingerprint density at radius 2 is 1.47 bits per heavy atom. The van der Waals surface area contributed by atoms with E-state index in [1.165, 1.54) is 17.1 Å². The van der Waals surface area contributed by atoms with Crippen molar-refractivity contribution in [1.29, 1.82) is 5.41 Å². The van der Waals surface area contributed by atoms with Crippen LogP contribution in [0.1, 0.15) is 17.0 Å². The number of alkyl halides is 3. The molecule has 1 aromatic heterocycles. The molecule has 0 aliphatic rings. The van der Waals surface area contributed by atoms with E-state index in [-0.39, 0.29) is 18.2 Å². The van der Waals surface area contributed by atoms with Crippen LogP contribution in [-0.2, 0) is 12.8 Å². The molecule has 4 nitrogen and oxygen atoms in total. The fraction of sp³-hybridized carbons (Fsp3) is 0.167. The van der Waals surface area contributed by atoms with Gasteiger partial charge in [-0.1, -0.05) is 95.5 Å². The molecule has 0 saturated heterocycles. The molecule has 12 heteroatoms. The van der Waals surface area contributed by atoms with E-state index in [4.69, 9.17) is 68.2 Å². The van der Waals surface area contributed by atoms with E-state index >= 15 is 0 Å². The van der Waals surface area contributed by atoms with Crippen molar-refractivity contribution in [2.45, 2.75) is 16.0 Å². The minimum absolute atomic E-state index is 0. The lowest BCUT2D eigenvalue weighted by atomic mass is 10.1. The summed E-state index contributed by atoms with van der Waals surface area (Å²) in [6, 6.07) is 19.9. The van der Waals surface area contributed by atoms with Crippen LogP contribution < -0.4 is 5.73 Å². The van der Waals surface area contributed by atoms with Crippen LogP contribution in [0.4, 0.5) is 0 Å². The van der Waals surface area contributed by atoms with E-state index in [0.717, 1.165) is 17.8 Å². The van der Waals surface area contributed by atoms with Gasteiger partial charge in [0, 0.05) is 23.8 Å². The number of halogens is 6. The smallest absolute Gasteiger partial charge is 0.251 e. The molecule has 3 aromatic rings. The number of hydrogen-bond acceptors (Lipinski definition) is 5. The van der Waals surface area contributed by atoms with Crippen LogP contribution in [0.3, 0.4) is 0 Å². The maximum absolute atomic E-state index is 7.01. The van der Waals surface area contributed by atoms with Gasteiger partial charge < -0.3 is 5.73 Å². The molecule has 164 valence electrons. The van der Waals surface area contributed by atoms with Gasteiger partial charge in [-0.25, -0.2) is 4.98 Å². The third kappa shape index (κ3) is 15.4. The molecule has 0 fully saturated rings. The standard InChI is InChI=1S/C9H7ClN2S.C8H10N2.CCl4S.ClH/c10-9-11-8(12-13-9)6-7-4-2-1-3-5-7;9-8(10)6-7-4-2-1-3-5-7;2-1(3,4)6-5;/h1-5H,6H2;1-5H,6H2,(H3,9,10);;1H. The van der Waals surface area contributed by atoms with Crippen LogP contribution in [-0.4, -0.2) is 18.3 Å². The Labute approximate surface area is 215 Å². The molecule has 0 aliphatic heterocycles. The van der Waals surface area contributed by atoms with Crippen LogP contribution in [0, 0.1) is 5.41 Å². The van der Waals surface area contributed by atoms with Gasteiger partial charge in [-0.2, -0.15) is 4.37 Å². The van der Waals surface area contributed by atoms with Crippen LogP contribution in [0.15, 0.2) is 60.7 Å². The van der Waals surface area contributed by atoms with E-state index in [2.05, 4.69) is 21.5 Å². The van der Waals surface area contributed by atoms with Gasteiger partial charge in [0.15, 0.2) is 0 Å². The lowest BCUT2D eigenvalue weighted by molar-refractivity contribution is 1.04. The number of rotatable bonds is 4. The summed E-state index contributed by atoms with van der Waals surface area (Å²) in [5, 5.41) is 7.01. The fourth-order valence-electron chi connectivity index (χ4n) is 1.90. The maximum atomic E-state index is 7.01. The Balaban J connectivity index is 0.000000444. The Morgan fingerprint density at radius 1 is 1.00 bits per heavy atom. The second-order valence-corrected chi connectivity index (χ2v) is 10.9. The van der Waals surface area contributed by atoms with Crippen molar-refractivity contribution in [3.63, 3.8) is 0 Å². The molecule has 0 unspecified atom stereocenters. The molecule has 30 heavy (non-hydrogen) atoms. The average molecular weight is 567 g/mol. The molecule has 2 aromatic carbocycles.